The number of carbonyl (C=O) groups is 1. The van der Waals surface area contributed by atoms with Crippen LogP contribution in [0.2, 0.25) is 15.1 Å². The Morgan fingerprint density at radius 2 is 1.71 bits per heavy atom. The summed E-state index contributed by atoms with van der Waals surface area (Å²) >= 11 is 17.5. The number of carbonyl (C=O) groups excluding carboxylic acids is 1. The fraction of sp³-hybridized carbons (Fsp3) is 0.0714. The molecule has 0 fully saturated rings. The van der Waals surface area contributed by atoms with Crippen LogP contribution in [0.1, 0.15) is 15.9 Å². The predicted molar refractivity (Wildman–Crippen MR) is 83.7 cm³/mol. The minimum Gasteiger partial charge on any atom is -0.381 e. The van der Waals surface area contributed by atoms with E-state index in [9.17, 15) is 9.18 Å². The first-order valence-corrected chi connectivity index (χ1v) is 6.98. The van der Waals surface area contributed by atoms with Gasteiger partial charge in [-0.25, -0.2) is 4.39 Å². The summed E-state index contributed by atoms with van der Waals surface area (Å²) in [4.78, 5) is 11.0. The highest BCUT2D eigenvalue weighted by Gasteiger charge is 2.09. The average Bonchev–Trinajstić information content (AvgIpc) is 2.43. The zero-order valence-corrected chi connectivity index (χ0v) is 12.9. The molecule has 3 nitrogen and oxygen atoms in total. The molecule has 2 aromatic rings. The zero-order chi connectivity index (χ0) is 15.6. The van der Waals surface area contributed by atoms with Crippen LogP contribution in [-0.4, -0.2) is 5.91 Å². The fourth-order valence-corrected chi connectivity index (χ4v) is 2.43. The maximum atomic E-state index is 13.3. The Balaban J connectivity index is 2.15. The number of halogens is 4. The van der Waals surface area contributed by atoms with Gasteiger partial charge in [-0.3, -0.25) is 4.79 Å². The molecule has 7 heteroatoms. The predicted octanol–water partition coefficient (Wildman–Crippen LogP) is 4.50. The summed E-state index contributed by atoms with van der Waals surface area (Å²) in [6.45, 7) is 0.357. The Morgan fingerprint density at radius 3 is 2.24 bits per heavy atom. The highest BCUT2D eigenvalue weighted by Crippen LogP contribution is 2.28. The second-order valence-corrected chi connectivity index (χ2v) is 5.50. The van der Waals surface area contributed by atoms with Crippen LogP contribution in [0.3, 0.4) is 0 Å². The maximum absolute atomic E-state index is 13.3. The van der Waals surface area contributed by atoms with E-state index in [-0.39, 0.29) is 10.0 Å². The fourth-order valence-electron chi connectivity index (χ4n) is 1.70. The van der Waals surface area contributed by atoms with Crippen LogP contribution in [0, 0.1) is 5.82 Å². The van der Waals surface area contributed by atoms with Gasteiger partial charge in [0.1, 0.15) is 0 Å². The molecule has 0 spiro atoms. The Bertz CT molecular complexity index is 684. The topological polar surface area (TPSA) is 55.1 Å². The summed E-state index contributed by atoms with van der Waals surface area (Å²) in [7, 11) is 0. The van der Waals surface area contributed by atoms with E-state index in [1.54, 1.807) is 12.1 Å². The molecule has 0 bridgehead atoms. The van der Waals surface area contributed by atoms with Crippen molar-refractivity contribution in [1.82, 2.24) is 0 Å². The van der Waals surface area contributed by atoms with E-state index in [1.807, 2.05) is 0 Å². The van der Waals surface area contributed by atoms with Crippen molar-refractivity contribution in [2.45, 2.75) is 6.54 Å². The number of nitrogens with one attached hydrogen (secondary N) is 1. The molecule has 0 heterocycles. The molecular formula is C14H10Cl3FN2O. The van der Waals surface area contributed by atoms with E-state index >= 15 is 0 Å². The van der Waals surface area contributed by atoms with Crippen molar-refractivity contribution >= 4 is 46.4 Å². The number of nitrogens with two attached hydrogens (primary N) is 1. The SMILES string of the molecule is NC(=O)c1ccc(CNc2cc(Cl)c(F)c(Cl)c2)c(Cl)c1. The van der Waals surface area contributed by atoms with Crippen LogP contribution in [-0.2, 0) is 6.54 Å². The third-order valence-corrected chi connectivity index (χ3v) is 3.71. The number of hydrogen-bond acceptors (Lipinski definition) is 2. The van der Waals surface area contributed by atoms with E-state index in [4.69, 9.17) is 40.5 Å². The second kappa shape index (κ2) is 6.52. The molecule has 0 unspecified atom stereocenters. The Kier molecular flexibility index (Phi) is 4.93. The second-order valence-electron chi connectivity index (χ2n) is 4.28. The van der Waals surface area contributed by atoms with Gasteiger partial charge in [0.05, 0.1) is 10.0 Å². The third kappa shape index (κ3) is 3.79. The molecule has 0 aliphatic heterocycles. The number of benzene rings is 2. The molecule has 0 radical (unpaired) electrons. The number of amides is 1. The van der Waals surface area contributed by atoms with Crippen LogP contribution >= 0.6 is 34.8 Å². The quantitative estimate of drug-likeness (QED) is 0.800. The minimum absolute atomic E-state index is 0.0693. The molecule has 1 amide bonds. The lowest BCUT2D eigenvalue weighted by atomic mass is 10.1. The Hall–Kier alpha value is -1.49. The van der Waals surface area contributed by atoms with Crippen molar-refractivity contribution in [2.24, 2.45) is 5.73 Å². The van der Waals surface area contributed by atoms with Crippen molar-refractivity contribution in [3.8, 4) is 0 Å². The maximum Gasteiger partial charge on any atom is 0.248 e. The lowest BCUT2D eigenvalue weighted by molar-refractivity contribution is 0.100. The zero-order valence-electron chi connectivity index (χ0n) is 10.6. The molecular weight excluding hydrogens is 338 g/mol. The first kappa shape index (κ1) is 15.9. The Morgan fingerprint density at radius 1 is 1.10 bits per heavy atom. The van der Waals surface area contributed by atoms with Gasteiger partial charge < -0.3 is 11.1 Å². The highest BCUT2D eigenvalue weighted by molar-refractivity contribution is 6.35. The summed E-state index contributed by atoms with van der Waals surface area (Å²) in [5.41, 5.74) is 6.80. The summed E-state index contributed by atoms with van der Waals surface area (Å²) in [6.07, 6.45) is 0. The first-order valence-electron chi connectivity index (χ1n) is 5.85. The van der Waals surface area contributed by atoms with Crippen molar-refractivity contribution in [3.05, 3.63) is 62.3 Å². The molecule has 0 aromatic heterocycles. The summed E-state index contributed by atoms with van der Waals surface area (Å²) in [5.74, 6) is -1.21. The number of hydrogen-bond donors (Lipinski definition) is 2. The molecule has 2 aromatic carbocycles. The highest BCUT2D eigenvalue weighted by atomic mass is 35.5. The van der Waals surface area contributed by atoms with E-state index < -0.39 is 11.7 Å². The van der Waals surface area contributed by atoms with Crippen molar-refractivity contribution in [1.29, 1.82) is 0 Å². The molecule has 0 aliphatic carbocycles. The monoisotopic (exact) mass is 346 g/mol. The van der Waals surface area contributed by atoms with Gasteiger partial charge in [-0.15, -0.1) is 0 Å². The molecule has 0 aliphatic rings. The molecule has 0 atom stereocenters. The van der Waals surface area contributed by atoms with Crippen LogP contribution in [0.25, 0.3) is 0 Å². The van der Waals surface area contributed by atoms with Gasteiger partial charge in [0.25, 0.3) is 0 Å². The molecule has 3 N–H and O–H groups in total. The van der Waals surface area contributed by atoms with Crippen molar-refractivity contribution in [3.63, 3.8) is 0 Å². The molecule has 0 saturated carbocycles. The lowest BCUT2D eigenvalue weighted by Gasteiger charge is -2.10. The van der Waals surface area contributed by atoms with E-state index in [0.29, 0.717) is 22.8 Å². The third-order valence-electron chi connectivity index (χ3n) is 2.80. The van der Waals surface area contributed by atoms with Crippen LogP contribution in [0.4, 0.5) is 10.1 Å². The van der Waals surface area contributed by atoms with Crippen LogP contribution in [0.15, 0.2) is 30.3 Å². The lowest BCUT2D eigenvalue weighted by Crippen LogP contribution is -2.11. The summed E-state index contributed by atoms with van der Waals surface area (Å²) in [6, 6.07) is 7.60. The van der Waals surface area contributed by atoms with Gasteiger partial charge in [0, 0.05) is 22.8 Å². The van der Waals surface area contributed by atoms with E-state index in [1.165, 1.54) is 18.2 Å². The van der Waals surface area contributed by atoms with Gasteiger partial charge in [-0.1, -0.05) is 40.9 Å². The van der Waals surface area contributed by atoms with Crippen LogP contribution < -0.4 is 11.1 Å². The van der Waals surface area contributed by atoms with Crippen molar-refractivity contribution in [2.75, 3.05) is 5.32 Å². The van der Waals surface area contributed by atoms with Gasteiger partial charge in [0.15, 0.2) is 5.82 Å². The normalized spacial score (nSPS) is 10.5. The minimum atomic E-state index is -0.660. The first-order chi connectivity index (χ1) is 9.88. The average molecular weight is 348 g/mol. The van der Waals surface area contributed by atoms with Gasteiger partial charge >= 0.3 is 0 Å². The summed E-state index contributed by atoms with van der Waals surface area (Å²) in [5, 5.41) is 3.29. The van der Waals surface area contributed by atoms with E-state index in [0.717, 1.165) is 5.56 Å². The smallest absolute Gasteiger partial charge is 0.248 e. The summed E-state index contributed by atoms with van der Waals surface area (Å²) < 4.78 is 13.3. The van der Waals surface area contributed by atoms with Gasteiger partial charge in [0.2, 0.25) is 5.91 Å². The standard InChI is InChI=1S/C14H10Cl3FN2O/c15-10-3-7(14(19)21)1-2-8(10)6-20-9-4-11(16)13(18)12(17)5-9/h1-5,20H,6H2,(H2,19,21). The molecule has 0 saturated heterocycles. The molecule has 21 heavy (non-hydrogen) atoms. The van der Waals surface area contributed by atoms with E-state index in [2.05, 4.69) is 5.32 Å². The largest absolute Gasteiger partial charge is 0.381 e. The number of rotatable bonds is 4. The number of primary amides is 1. The van der Waals surface area contributed by atoms with Crippen LogP contribution in [0.5, 0.6) is 0 Å². The molecule has 110 valence electrons. The number of anilines is 1. The van der Waals surface area contributed by atoms with Crippen molar-refractivity contribution < 1.29 is 9.18 Å². The van der Waals surface area contributed by atoms with Gasteiger partial charge in [-0.2, -0.15) is 0 Å². The Labute approximate surface area is 135 Å². The molecule has 2 rings (SSSR count). The van der Waals surface area contributed by atoms with Gasteiger partial charge in [-0.05, 0) is 29.8 Å².